The third-order valence-corrected chi connectivity index (χ3v) is 3.08. The van der Waals surface area contributed by atoms with Gasteiger partial charge in [0.25, 0.3) is 0 Å². The van der Waals surface area contributed by atoms with Crippen LogP contribution in [0.15, 0.2) is 0 Å². The number of nitrogens with one attached hydrogen (secondary N) is 1. The van der Waals surface area contributed by atoms with E-state index in [9.17, 15) is 22.8 Å². The van der Waals surface area contributed by atoms with Crippen molar-refractivity contribution in [2.45, 2.75) is 25.1 Å². The van der Waals surface area contributed by atoms with Gasteiger partial charge in [-0.25, -0.2) is 0 Å². The van der Waals surface area contributed by atoms with Crippen molar-refractivity contribution in [3.05, 3.63) is 0 Å². The second kappa shape index (κ2) is 7.08. The molecule has 0 aromatic carbocycles. The summed E-state index contributed by atoms with van der Waals surface area (Å²) in [4.78, 5) is 23.4. The Labute approximate surface area is 120 Å². The van der Waals surface area contributed by atoms with E-state index in [0.29, 0.717) is 18.0 Å². The van der Waals surface area contributed by atoms with Crippen LogP contribution in [0.3, 0.4) is 0 Å². The highest BCUT2D eigenvalue weighted by Crippen LogP contribution is 2.18. The van der Waals surface area contributed by atoms with Gasteiger partial charge in [-0.15, -0.1) is 0 Å². The van der Waals surface area contributed by atoms with Crippen LogP contribution in [0.5, 0.6) is 0 Å². The fraction of sp³-hybridized carbons (Fsp3) is 0.833. The molecule has 1 amide bonds. The van der Waals surface area contributed by atoms with Crippen molar-refractivity contribution in [2.75, 3.05) is 39.9 Å². The van der Waals surface area contributed by atoms with Crippen molar-refractivity contribution < 1.29 is 32.2 Å². The molecule has 0 bridgehead atoms. The first kappa shape index (κ1) is 17.7. The quantitative estimate of drug-likeness (QED) is 0.686. The molecule has 0 atom stereocenters. The number of carbonyl (C=O) groups is 2. The molecule has 1 N–H and O–H groups in total. The Morgan fingerprint density at radius 2 is 1.95 bits per heavy atom. The highest BCUT2D eigenvalue weighted by atomic mass is 19.4. The molecule has 0 aromatic heterocycles. The fourth-order valence-corrected chi connectivity index (χ4v) is 1.74. The van der Waals surface area contributed by atoms with Crippen molar-refractivity contribution in [3.63, 3.8) is 0 Å². The summed E-state index contributed by atoms with van der Waals surface area (Å²) in [6, 6.07) is 0. The van der Waals surface area contributed by atoms with Crippen molar-refractivity contribution in [3.8, 4) is 0 Å². The SMILES string of the molecule is COC(=O)CCN(CC(F)(F)F)C(=O)COC1(C)CNC1. The maximum Gasteiger partial charge on any atom is 0.406 e. The lowest BCUT2D eigenvalue weighted by Crippen LogP contribution is -2.60. The van der Waals surface area contributed by atoms with E-state index in [1.54, 1.807) is 6.92 Å². The molecule has 122 valence electrons. The van der Waals surface area contributed by atoms with Gasteiger partial charge in [0.15, 0.2) is 0 Å². The first-order chi connectivity index (χ1) is 9.65. The Hall–Kier alpha value is -1.35. The number of nitrogens with zero attached hydrogens (tertiary/aromatic N) is 1. The molecule has 1 heterocycles. The van der Waals surface area contributed by atoms with Crippen molar-refractivity contribution >= 4 is 11.9 Å². The minimum absolute atomic E-state index is 0.295. The van der Waals surface area contributed by atoms with Gasteiger partial charge >= 0.3 is 12.1 Å². The summed E-state index contributed by atoms with van der Waals surface area (Å²) in [5.74, 6) is -1.48. The summed E-state index contributed by atoms with van der Waals surface area (Å²) in [5.41, 5.74) is -0.526. The topological polar surface area (TPSA) is 67.9 Å². The third kappa shape index (κ3) is 6.30. The summed E-state index contributed by atoms with van der Waals surface area (Å²) in [7, 11) is 1.13. The van der Waals surface area contributed by atoms with E-state index in [-0.39, 0.29) is 13.0 Å². The maximum atomic E-state index is 12.5. The van der Waals surface area contributed by atoms with Crippen molar-refractivity contribution in [2.24, 2.45) is 0 Å². The van der Waals surface area contributed by atoms with Crippen LogP contribution in [0, 0.1) is 0 Å². The van der Waals surface area contributed by atoms with Crippen LogP contribution in [0.1, 0.15) is 13.3 Å². The van der Waals surface area contributed by atoms with E-state index >= 15 is 0 Å². The maximum absolute atomic E-state index is 12.5. The van der Waals surface area contributed by atoms with E-state index in [0.717, 1.165) is 7.11 Å². The molecular weight excluding hydrogens is 293 g/mol. The number of ether oxygens (including phenoxy) is 2. The Bertz CT molecular complexity index is 383. The number of amides is 1. The number of esters is 1. The minimum atomic E-state index is -4.53. The molecule has 21 heavy (non-hydrogen) atoms. The molecule has 1 fully saturated rings. The molecule has 0 unspecified atom stereocenters. The van der Waals surface area contributed by atoms with E-state index in [1.807, 2.05) is 0 Å². The first-order valence-corrected chi connectivity index (χ1v) is 6.41. The zero-order chi connectivity index (χ0) is 16.1. The van der Waals surface area contributed by atoms with Gasteiger partial charge in [-0.3, -0.25) is 9.59 Å². The third-order valence-electron chi connectivity index (χ3n) is 3.08. The number of methoxy groups -OCH3 is 1. The number of alkyl halides is 3. The zero-order valence-corrected chi connectivity index (χ0v) is 12.0. The standard InChI is InChI=1S/C12H19F3N2O4/c1-11(6-16-7-11)21-5-9(18)17(8-12(13,14)15)4-3-10(19)20-2/h16H,3-8H2,1-2H3. The summed E-state index contributed by atoms with van der Waals surface area (Å²) in [6.45, 7) is 0.628. The Kier molecular flexibility index (Phi) is 5.97. The Balaban J connectivity index is 2.52. The zero-order valence-electron chi connectivity index (χ0n) is 12.0. The molecule has 1 aliphatic rings. The molecule has 1 aliphatic heterocycles. The van der Waals surface area contributed by atoms with Gasteiger partial charge in [-0.1, -0.05) is 0 Å². The smallest absolute Gasteiger partial charge is 0.406 e. The highest BCUT2D eigenvalue weighted by molar-refractivity contribution is 5.78. The summed E-state index contributed by atoms with van der Waals surface area (Å²) in [6.07, 6.45) is -4.83. The fourth-order valence-electron chi connectivity index (χ4n) is 1.74. The van der Waals surface area contributed by atoms with Gasteiger partial charge < -0.3 is 19.7 Å². The Morgan fingerprint density at radius 1 is 1.33 bits per heavy atom. The van der Waals surface area contributed by atoms with Crippen LogP contribution < -0.4 is 5.32 Å². The molecule has 9 heteroatoms. The largest absolute Gasteiger partial charge is 0.469 e. The second-order valence-corrected chi connectivity index (χ2v) is 5.10. The molecule has 0 spiro atoms. The lowest BCUT2D eigenvalue weighted by atomic mass is 10.0. The van der Waals surface area contributed by atoms with Gasteiger partial charge in [0.2, 0.25) is 5.91 Å². The first-order valence-electron chi connectivity index (χ1n) is 6.41. The van der Waals surface area contributed by atoms with E-state index in [4.69, 9.17) is 4.74 Å². The number of carbonyl (C=O) groups excluding carboxylic acids is 2. The van der Waals surface area contributed by atoms with E-state index < -0.39 is 36.8 Å². The minimum Gasteiger partial charge on any atom is -0.469 e. The van der Waals surface area contributed by atoms with Crippen LogP contribution in [0.25, 0.3) is 0 Å². The predicted molar refractivity (Wildman–Crippen MR) is 66.5 cm³/mol. The molecule has 0 radical (unpaired) electrons. The molecular formula is C12H19F3N2O4. The van der Waals surface area contributed by atoms with Gasteiger partial charge in [0.1, 0.15) is 13.2 Å². The van der Waals surface area contributed by atoms with Gasteiger partial charge in [0.05, 0.1) is 19.1 Å². The number of hydrogen-bond donors (Lipinski definition) is 1. The lowest BCUT2D eigenvalue weighted by molar-refractivity contribution is -0.169. The molecule has 1 rings (SSSR count). The van der Waals surface area contributed by atoms with Gasteiger partial charge in [-0.2, -0.15) is 13.2 Å². The number of rotatable bonds is 7. The van der Waals surface area contributed by atoms with Crippen LogP contribution in [-0.4, -0.2) is 68.4 Å². The average molecular weight is 312 g/mol. The summed E-state index contributed by atoms with van der Waals surface area (Å²) >= 11 is 0. The van der Waals surface area contributed by atoms with Crippen molar-refractivity contribution in [1.82, 2.24) is 10.2 Å². The van der Waals surface area contributed by atoms with Crippen LogP contribution >= 0.6 is 0 Å². The van der Waals surface area contributed by atoms with E-state index in [1.165, 1.54) is 0 Å². The Morgan fingerprint density at radius 3 is 2.38 bits per heavy atom. The number of hydrogen-bond acceptors (Lipinski definition) is 5. The lowest BCUT2D eigenvalue weighted by Gasteiger charge is -2.39. The average Bonchev–Trinajstić information content (AvgIpc) is 2.36. The molecule has 0 aromatic rings. The summed E-state index contributed by atoms with van der Waals surface area (Å²) in [5, 5.41) is 2.95. The van der Waals surface area contributed by atoms with Gasteiger partial charge in [0, 0.05) is 19.6 Å². The predicted octanol–water partition coefficient (Wildman–Crippen LogP) is 0.319. The molecule has 0 aliphatic carbocycles. The van der Waals surface area contributed by atoms with Gasteiger partial charge in [-0.05, 0) is 6.92 Å². The summed E-state index contributed by atoms with van der Waals surface area (Å²) < 4.78 is 47.1. The second-order valence-electron chi connectivity index (χ2n) is 5.10. The van der Waals surface area contributed by atoms with Crippen LogP contribution in [0.2, 0.25) is 0 Å². The molecule has 1 saturated heterocycles. The van der Waals surface area contributed by atoms with Crippen LogP contribution in [-0.2, 0) is 19.1 Å². The molecule has 0 saturated carbocycles. The highest BCUT2D eigenvalue weighted by Gasteiger charge is 2.36. The van der Waals surface area contributed by atoms with Crippen LogP contribution in [0.4, 0.5) is 13.2 Å². The monoisotopic (exact) mass is 312 g/mol. The van der Waals surface area contributed by atoms with E-state index in [2.05, 4.69) is 10.1 Å². The molecule has 6 nitrogen and oxygen atoms in total. The van der Waals surface area contributed by atoms with Crippen molar-refractivity contribution in [1.29, 1.82) is 0 Å². The normalized spacial score (nSPS) is 17.0. The number of halogens is 3.